The summed E-state index contributed by atoms with van der Waals surface area (Å²) in [5, 5.41) is 26.7. The minimum Gasteiger partial charge on any atom is -0.455 e. The van der Waals surface area contributed by atoms with Gasteiger partial charge in [0.05, 0.1) is 21.9 Å². The fourth-order valence-corrected chi connectivity index (χ4v) is 3.59. The number of halogens is 1. The van der Waals surface area contributed by atoms with Crippen LogP contribution in [0.4, 0.5) is 5.69 Å². The van der Waals surface area contributed by atoms with Crippen LogP contribution in [0.25, 0.3) is 22.7 Å². The number of non-ortho nitro benzene ring substituents is 1. The van der Waals surface area contributed by atoms with Gasteiger partial charge in [0.1, 0.15) is 11.5 Å². The molecular formula is C20H14ClN7O4S. The molecule has 0 aliphatic rings. The highest BCUT2D eigenvalue weighted by molar-refractivity contribution is 7.98. The van der Waals surface area contributed by atoms with Crippen LogP contribution in [0.2, 0.25) is 5.02 Å². The molecule has 1 amide bonds. The van der Waals surface area contributed by atoms with Crippen LogP contribution in [0.5, 0.6) is 0 Å². The number of carbonyl (C=O) groups is 1. The van der Waals surface area contributed by atoms with Gasteiger partial charge in [-0.3, -0.25) is 14.9 Å². The first-order valence-electron chi connectivity index (χ1n) is 9.34. The molecule has 0 unspecified atom stereocenters. The number of rotatable bonds is 8. The fraction of sp³-hybridized carbons (Fsp3) is 0.0500. The van der Waals surface area contributed by atoms with Gasteiger partial charge in [-0.2, -0.15) is 9.19 Å². The summed E-state index contributed by atoms with van der Waals surface area (Å²) in [6.45, 7) is 0. The lowest BCUT2D eigenvalue weighted by Gasteiger charge is -2.03. The Morgan fingerprint density at radius 3 is 2.85 bits per heavy atom. The average Bonchev–Trinajstić information content (AvgIpc) is 3.48. The summed E-state index contributed by atoms with van der Waals surface area (Å²) in [5.41, 5.74) is 3.48. The van der Waals surface area contributed by atoms with Gasteiger partial charge < -0.3 is 4.42 Å². The van der Waals surface area contributed by atoms with Gasteiger partial charge in [0.15, 0.2) is 5.82 Å². The number of nitrogens with zero attached hydrogens (tertiary/aromatic N) is 6. The van der Waals surface area contributed by atoms with Crippen molar-refractivity contribution in [2.24, 2.45) is 5.10 Å². The topological polar surface area (TPSA) is 141 Å². The fourth-order valence-electron chi connectivity index (χ4n) is 2.72. The molecular weight excluding hydrogens is 470 g/mol. The van der Waals surface area contributed by atoms with Crippen LogP contribution in [0.1, 0.15) is 5.76 Å². The molecule has 2 aromatic heterocycles. The van der Waals surface area contributed by atoms with Crippen molar-refractivity contribution in [1.29, 1.82) is 0 Å². The molecule has 0 saturated heterocycles. The first-order valence-corrected chi connectivity index (χ1v) is 10.7. The Kier molecular flexibility index (Phi) is 6.76. The minimum absolute atomic E-state index is 0.0227. The lowest BCUT2D eigenvalue weighted by atomic mass is 10.1. The number of nitro benzene ring substituents is 1. The first kappa shape index (κ1) is 22.2. The standard InChI is InChI=1S/C20H14ClN7O4S/c21-17-8-6-14(28(30)31)10-16(17)18-9-7-15(32-18)11-22-23-19(29)12-33-27-20(24-25-26-27)13-4-2-1-3-5-13/h1-11H,12H2,(H,23,29)/b22-11-. The van der Waals surface area contributed by atoms with E-state index >= 15 is 0 Å². The Balaban J connectivity index is 1.34. The second-order valence-electron chi connectivity index (χ2n) is 6.43. The van der Waals surface area contributed by atoms with Crippen LogP contribution >= 0.6 is 23.5 Å². The Labute approximate surface area is 195 Å². The number of nitrogens with one attached hydrogen (secondary N) is 1. The largest absolute Gasteiger partial charge is 0.455 e. The van der Waals surface area contributed by atoms with E-state index in [0.717, 1.165) is 17.5 Å². The first-order chi connectivity index (χ1) is 16.0. The summed E-state index contributed by atoms with van der Waals surface area (Å²) in [6, 6.07) is 16.6. The molecule has 0 radical (unpaired) electrons. The van der Waals surface area contributed by atoms with E-state index in [-0.39, 0.29) is 17.3 Å². The number of benzene rings is 2. The normalized spacial score (nSPS) is 11.1. The highest BCUT2D eigenvalue weighted by atomic mass is 35.5. The van der Waals surface area contributed by atoms with Gasteiger partial charge in [0, 0.05) is 23.3 Å². The maximum absolute atomic E-state index is 12.1. The SMILES string of the molecule is O=C(CSn1nnnc1-c1ccccc1)N/N=C\c1ccc(-c2cc([N+](=O)[O-])ccc2Cl)o1. The summed E-state index contributed by atoms with van der Waals surface area (Å²) in [7, 11) is 0. The third kappa shape index (κ3) is 5.42. The number of hydrazone groups is 1. The minimum atomic E-state index is -0.517. The van der Waals surface area contributed by atoms with E-state index in [0.29, 0.717) is 27.9 Å². The van der Waals surface area contributed by atoms with E-state index in [1.54, 1.807) is 12.1 Å². The third-order valence-corrected chi connectivity index (χ3v) is 5.44. The highest BCUT2D eigenvalue weighted by Gasteiger charge is 2.14. The van der Waals surface area contributed by atoms with Crippen molar-refractivity contribution in [3.8, 4) is 22.7 Å². The molecule has 2 aromatic carbocycles. The van der Waals surface area contributed by atoms with Crippen molar-refractivity contribution in [2.75, 3.05) is 5.75 Å². The second kappa shape index (κ2) is 10.1. The van der Waals surface area contributed by atoms with Crippen molar-refractivity contribution in [1.82, 2.24) is 25.0 Å². The summed E-state index contributed by atoms with van der Waals surface area (Å²) in [5.74, 6) is 0.833. The van der Waals surface area contributed by atoms with Gasteiger partial charge in [-0.25, -0.2) is 5.43 Å². The quantitative estimate of drug-likeness (QED) is 0.226. The lowest BCUT2D eigenvalue weighted by molar-refractivity contribution is -0.384. The van der Waals surface area contributed by atoms with Crippen LogP contribution < -0.4 is 5.43 Å². The van der Waals surface area contributed by atoms with Crippen LogP contribution in [-0.2, 0) is 4.79 Å². The molecule has 0 aliphatic heterocycles. The second-order valence-corrected chi connectivity index (χ2v) is 7.73. The van der Waals surface area contributed by atoms with Crippen LogP contribution in [0, 0.1) is 10.1 Å². The predicted molar refractivity (Wildman–Crippen MR) is 123 cm³/mol. The molecule has 0 atom stereocenters. The number of amides is 1. The Morgan fingerprint density at radius 2 is 2.06 bits per heavy atom. The molecule has 33 heavy (non-hydrogen) atoms. The van der Waals surface area contributed by atoms with Gasteiger partial charge in [-0.05, 0) is 40.6 Å². The van der Waals surface area contributed by atoms with Crippen molar-refractivity contribution in [2.45, 2.75) is 0 Å². The van der Waals surface area contributed by atoms with E-state index < -0.39 is 4.92 Å². The number of nitro groups is 1. The Bertz CT molecular complexity index is 1320. The monoisotopic (exact) mass is 483 g/mol. The van der Waals surface area contributed by atoms with Gasteiger partial charge in [0.2, 0.25) is 0 Å². The summed E-state index contributed by atoms with van der Waals surface area (Å²) >= 11 is 7.24. The summed E-state index contributed by atoms with van der Waals surface area (Å²) in [4.78, 5) is 22.6. The molecule has 2 heterocycles. The summed E-state index contributed by atoms with van der Waals surface area (Å²) < 4.78 is 7.07. The lowest BCUT2D eigenvalue weighted by Crippen LogP contribution is -2.20. The molecule has 166 valence electrons. The molecule has 4 aromatic rings. The number of tetrazole rings is 1. The van der Waals surface area contributed by atoms with Crippen molar-refractivity contribution in [3.05, 3.63) is 81.6 Å². The van der Waals surface area contributed by atoms with Crippen LogP contribution in [0.3, 0.4) is 0 Å². The molecule has 0 spiro atoms. The third-order valence-electron chi connectivity index (χ3n) is 4.23. The van der Waals surface area contributed by atoms with E-state index in [1.807, 2.05) is 30.3 Å². The molecule has 0 bridgehead atoms. The summed E-state index contributed by atoms with van der Waals surface area (Å²) in [6.07, 6.45) is 1.31. The zero-order valence-electron chi connectivity index (χ0n) is 16.7. The van der Waals surface area contributed by atoms with Gasteiger partial charge in [0.25, 0.3) is 11.6 Å². The molecule has 0 fully saturated rings. The van der Waals surface area contributed by atoms with Crippen LogP contribution in [0.15, 0.2) is 70.2 Å². The number of carbonyl (C=O) groups excluding carboxylic acids is 1. The molecule has 0 saturated carbocycles. The highest BCUT2D eigenvalue weighted by Crippen LogP contribution is 2.32. The van der Waals surface area contributed by atoms with Crippen molar-refractivity contribution >= 4 is 41.4 Å². The van der Waals surface area contributed by atoms with E-state index in [2.05, 4.69) is 26.1 Å². The molecule has 11 nitrogen and oxygen atoms in total. The maximum Gasteiger partial charge on any atom is 0.270 e. The Hall–Kier alpha value is -4.03. The smallest absolute Gasteiger partial charge is 0.270 e. The zero-order valence-corrected chi connectivity index (χ0v) is 18.2. The Morgan fingerprint density at radius 1 is 1.24 bits per heavy atom. The number of hydrogen-bond donors (Lipinski definition) is 1. The molecule has 1 N–H and O–H groups in total. The molecule has 4 rings (SSSR count). The van der Waals surface area contributed by atoms with E-state index in [4.69, 9.17) is 16.0 Å². The predicted octanol–water partition coefficient (Wildman–Crippen LogP) is 3.81. The zero-order chi connectivity index (χ0) is 23.2. The number of furan rings is 1. The number of aromatic nitrogens is 4. The molecule has 13 heteroatoms. The number of hydrogen-bond acceptors (Lipinski definition) is 9. The van der Waals surface area contributed by atoms with Gasteiger partial charge in [-0.1, -0.05) is 41.9 Å². The van der Waals surface area contributed by atoms with Crippen molar-refractivity contribution in [3.63, 3.8) is 0 Å². The van der Waals surface area contributed by atoms with Gasteiger partial charge >= 0.3 is 0 Å². The van der Waals surface area contributed by atoms with Crippen molar-refractivity contribution < 1.29 is 14.1 Å². The average molecular weight is 484 g/mol. The van der Waals surface area contributed by atoms with Gasteiger partial charge in [-0.15, -0.1) is 5.10 Å². The molecule has 0 aliphatic carbocycles. The van der Waals surface area contributed by atoms with Crippen LogP contribution in [-0.4, -0.2) is 42.4 Å². The van der Waals surface area contributed by atoms with E-state index in [1.165, 1.54) is 28.5 Å². The maximum atomic E-state index is 12.1. The van der Waals surface area contributed by atoms with E-state index in [9.17, 15) is 14.9 Å².